The van der Waals surface area contributed by atoms with Crippen molar-refractivity contribution in [2.45, 2.75) is 18.8 Å². The number of carbonyl (C=O) groups is 1. The highest BCUT2D eigenvalue weighted by Gasteiger charge is 2.33. The van der Waals surface area contributed by atoms with Gasteiger partial charge in [0.1, 0.15) is 17.7 Å². The van der Waals surface area contributed by atoms with Gasteiger partial charge >= 0.3 is 6.18 Å². The third kappa shape index (κ3) is 4.82. The number of hydrogen-bond donors (Lipinski definition) is 1. The monoisotopic (exact) mass is 422 g/mol. The van der Waals surface area contributed by atoms with Crippen molar-refractivity contribution in [3.63, 3.8) is 0 Å². The van der Waals surface area contributed by atoms with Gasteiger partial charge in [-0.3, -0.25) is 9.69 Å². The highest BCUT2D eigenvalue weighted by Crippen LogP contribution is 2.26. The smallest absolute Gasteiger partial charge is 0.368 e. The summed E-state index contributed by atoms with van der Waals surface area (Å²) in [6, 6.07) is 1.22. The Morgan fingerprint density at radius 1 is 1.40 bits per heavy atom. The summed E-state index contributed by atoms with van der Waals surface area (Å²) in [5.74, 6) is 0.415. The van der Waals surface area contributed by atoms with E-state index in [4.69, 9.17) is 5.73 Å². The zero-order valence-corrected chi connectivity index (χ0v) is 16.2. The van der Waals surface area contributed by atoms with Gasteiger partial charge < -0.3 is 15.2 Å². The number of carbonyl (C=O) groups excluding carboxylic acids is 1. The zero-order chi connectivity index (χ0) is 21.9. The van der Waals surface area contributed by atoms with Gasteiger partial charge in [0.2, 0.25) is 5.91 Å². The van der Waals surface area contributed by atoms with Crippen molar-refractivity contribution in [2.24, 2.45) is 10.7 Å². The number of aromatic nitrogens is 4. The summed E-state index contributed by atoms with van der Waals surface area (Å²) in [4.78, 5) is 31.4. The molecule has 1 fully saturated rings. The summed E-state index contributed by atoms with van der Waals surface area (Å²) >= 11 is 0. The number of nitrogens with two attached hydrogens (primary N) is 1. The number of halogens is 3. The Bertz CT molecular complexity index is 1000. The number of primary amides is 1. The summed E-state index contributed by atoms with van der Waals surface area (Å²) in [5, 5.41) is 0. The fraction of sp³-hybridized carbons (Fsp3) is 0.389. The van der Waals surface area contributed by atoms with Gasteiger partial charge in [-0.15, -0.1) is 0 Å². The van der Waals surface area contributed by atoms with Crippen LogP contribution >= 0.6 is 0 Å². The molecule has 0 saturated carbocycles. The molecule has 12 heteroatoms. The van der Waals surface area contributed by atoms with E-state index in [9.17, 15) is 18.0 Å². The van der Waals surface area contributed by atoms with Crippen LogP contribution in [-0.4, -0.2) is 63.0 Å². The van der Waals surface area contributed by atoms with Gasteiger partial charge in [0.15, 0.2) is 11.2 Å². The maximum atomic E-state index is 13.1. The van der Waals surface area contributed by atoms with E-state index in [0.717, 1.165) is 12.4 Å². The molecule has 2 aromatic rings. The number of likely N-dealkylation sites (N-methyl/N-ethyl adjacent to an activating group) is 1. The van der Waals surface area contributed by atoms with Crippen molar-refractivity contribution < 1.29 is 18.0 Å². The van der Waals surface area contributed by atoms with Gasteiger partial charge in [0, 0.05) is 38.2 Å². The number of nitrogens with zero attached hydrogens (tertiary/aromatic N) is 7. The predicted molar refractivity (Wildman–Crippen MR) is 102 cm³/mol. The molecule has 1 atom stereocenters. The molecule has 1 aliphatic heterocycles. The van der Waals surface area contributed by atoms with E-state index in [1.165, 1.54) is 17.0 Å². The van der Waals surface area contributed by atoms with Crippen molar-refractivity contribution in [1.82, 2.24) is 24.4 Å². The number of amides is 1. The lowest BCUT2D eigenvalue weighted by atomic mass is 10.1. The molecule has 0 aromatic carbocycles. The lowest BCUT2D eigenvalue weighted by Crippen LogP contribution is -2.57. The number of anilines is 1. The van der Waals surface area contributed by atoms with Crippen LogP contribution in [0.2, 0.25) is 0 Å². The Labute approximate surface area is 170 Å². The van der Waals surface area contributed by atoms with E-state index in [1.807, 2.05) is 16.8 Å². The Kier molecular flexibility index (Phi) is 6.15. The second kappa shape index (κ2) is 8.61. The molecule has 3 heterocycles. The SMILES string of the molecule is C=CN=c1cnc(C(F)(F)F)cn1Cc1nccc(N2CCN(C)C(C(N)=O)C2)n1. The summed E-state index contributed by atoms with van der Waals surface area (Å²) in [6.07, 6.45) is 0.0165. The molecule has 3 rings (SSSR count). The number of rotatable bonds is 5. The van der Waals surface area contributed by atoms with Crippen LogP contribution in [0.15, 0.2) is 42.4 Å². The lowest BCUT2D eigenvalue weighted by Gasteiger charge is -2.38. The molecule has 30 heavy (non-hydrogen) atoms. The van der Waals surface area contributed by atoms with Crippen molar-refractivity contribution in [1.29, 1.82) is 0 Å². The molecular formula is C18H21F3N8O. The second-order valence-corrected chi connectivity index (χ2v) is 6.74. The van der Waals surface area contributed by atoms with E-state index in [-0.39, 0.29) is 17.9 Å². The summed E-state index contributed by atoms with van der Waals surface area (Å²) in [5.41, 5.74) is 4.59. The first kappa shape index (κ1) is 21.4. The van der Waals surface area contributed by atoms with Gasteiger partial charge in [-0.05, 0) is 13.1 Å². The minimum Gasteiger partial charge on any atom is -0.368 e. The Morgan fingerprint density at radius 3 is 2.83 bits per heavy atom. The van der Waals surface area contributed by atoms with E-state index < -0.39 is 23.8 Å². The first-order valence-corrected chi connectivity index (χ1v) is 9.04. The maximum absolute atomic E-state index is 13.1. The lowest BCUT2D eigenvalue weighted by molar-refractivity contribution is -0.141. The average molecular weight is 422 g/mol. The minimum atomic E-state index is -4.60. The van der Waals surface area contributed by atoms with Crippen LogP contribution in [0.3, 0.4) is 0 Å². The van der Waals surface area contributed by atoms with E-state index in [0.29, 0.717) is 25.5 Å². The third-order valence-electron chi connectivity index (χ3n) is 4.71. The van der Waals surface area contributed by atoms with E-state index >= 15 is 0 Å². The summed E-state index contributed by atoms with van der Waals surface area (Å²) in [7, 11) is 1.82. The van der Waals surface area contributed by atoms with Crippen LogP contribution in [0, 0.1) is 0 Å². The van der Waals surface area contributed by atoms with Crippen molar-refractivity contribution >= 4 is 11.7 Å². The molecule has 1 unspecified atom stereocenters. The third-order valence-corrected chi connectivity index (χ3v) is 4.71. The molecule has 0 spiro atoms. The molecular weight excluding hydrogens is 401 g/mol. The molecule has 0 radical (unpaired) electrons. The molecule has 1 saturated heterocycles. The topological polar surface area (TPSA) is 106 Å². The fourth-order valence-electron chi connectivity index (χ4n) is 3.10. The van der Waals surface area contributed by atoms with Gasteiger partial charge in [-0.25, -0.2) is 19.9 Å². The first-order chi connectivity index (χ1) is 14.2. The van der Waals surface area contributed by atoms with Crippen LogP contribution in [0.5, 0.6) is 0 Å². The Morgan fingerprint density at radius 2 is 2.17 bits per heavy atom. The van der Waals surface area contributed by atoms with E-state index in [1.54, 1.807) is 6.07 Å². The molecule has 1 aliphatic rings. The van der Waals surface area contributed by atoms with E-state index in [2.05, 4.69) is 26.5 Å². The standard InChI is InChI=1S/C18H21F3N8O/c1-3-23-16-8-25-13(18(19,20)21)10-29(16)11-14-24-5-4-15(26-14)28-7-6-27(2)12(9-28)17(22)30/h3-5,8,10,12H,1,6-7,9,11H2,2H3,(H2,22,30). The second-order valence-electron chi connectivity index (χ2n) is 6.74. The van der Waals surface area contributed by atoms with Crippen LogP contribution in [0.4, 0.5) is 19.0 Å². The van der Waals surface area contributed by atoms with Crippen molar-refractivity contribution in [2.75, 3.05) is 31.6 Å². The predicted octanol–water partition coefficient (Wildman–Crippen LogP) is 0.390. The van der Waals surface area contributed by atoms with Crippen molar-refractivity contribution in [3.8, 4) is 0 Å². The number of hydrogen-bond acceptors (Lipinski definition) is 7. The van der Waals surface area contributed by atoms with Gasteiger partial charge in [0.05, 0.1) is 12.7 Å². The Hall–Kier alpha value is -3.28. The summed E-state index contributed by atoms with van der Waals surface area (Å²) in [6.45, 7) is 5.01. The Balaban J connectivity index is 1.90. The maximum Gasteiger partial charge on any atom is 0.434 e. The highest BCUT2D eigenvalue weighted by molar-refractivity contribution is 5.80. The largest absolute Gasteiger partial charge is 0.434 e. The molecule has 1 amide bonds. The van der Waals surface area contributed by atoms with Crippen LogP contribution in [-0.2, 0) is 17.5 Å². The number of alkyl halides is 3. The summed E-state index contributed by atoms with van der Waals surface area (Å²) < 4.78 is 40.4. The molecule has 0 aliphatic carbocycles. The van der Waals surface area contributed by atoms with Gasteiger partial charge in [-0.2, -0.15) is 13.2 Å². The average Bonchev–Trinajstić information content (AvgIpc) is 2.69. The quantitative estimate of drug-likeness (QED) is 0.747. The molecule has 160 valence electrons. The fourth-order valence-corrected chi connectivity index (χ4v) is 3.10. The normalized spacial score (nSPS) is 18.5. The molecule has 9 nitrogen and oxygen atoms in total. The van der Waals surface area contributed by atoms with Gasteiger partial charge in [-0.1, -0.05) is 6.58 Å². The highest BCUT2D eigenvalue weighted by atomic mass is 19.4. The van der Waals surface area contributed by atoms with Gasteiger partial charge in [0.25, 0.3) is 0 Å². The van der Waals surface area contributed by atoms with Crippen molar-refractivity contribution in [3.05, 3.63) is 54.4 Å². The molecule has 2 N–H and O–H groups in total. The first-order valence-electron chi connectivity index (χ1n) is 9.04. The minimum absolute atomic E-state index is 0.0564. The molecule has 2 aromatic heterocycles. The number of piperazine rings is 1. The van der Waals surface area contributed by atoms with Crippen LogP contribution < -0.4 is 16.1 Å². The van der Waals surface area contributed by atoms with Crippen LogP contribution in [0.1, 0.15) is 11.5 Å². The zero-order valence-electron chi connectivity index (χ0n) is 16.2. The van der Waals surface area contributed by atoms with Crippen LogP contribution in [0.25, 0.3) is 0 Å². The molecule has 0 bridgehead atoms.